The fourth-order valence-electron chi connectivity index (χ4n) is 4.44. The Labute approximate surface area is 190 Å². The Kier molecular flexibility index (Phi) is 6.72. The van der Waals surface area contributed by atoms with Gasteiger partial charge >= 0.3 is 0 Å². The first kappa shape index (κ1) is 23.5. The summed E-state index contributed by atoms with van der Waals surface area (Å²) in [4.78, 5) is 39.4. The summed E-state index contributed by atoms with van der Waals surface area (Å²) in [5, 5.41) is 5.96. The minimum absolute atomic E-state index is 0.0544. The van der Waals surface area contributed by atoms with E-state index >= 15 is 0 Å². The molecule has 2 N–H and O–H groups in total. The van der Waals surface area contributed by atoms with Gasteiger partial charge in [-0.15, -0.1) is 0 Å². The second kappa shape index (κ2) is 9.15. The van der Waals surface area contributed by atoms with E-state index in [0.29, 0.717) is 17.8 Å². The standard InChI is InChI=1S/C26H33N3O3/c1-25(2,3)17-26(4,5)28-24(32)18-11-13-20(14-12-18)27-23(31)19-15-22(30)29(16-19)21-9-7-6-8-10-21/h6-14,19H,15-17H2,1-5H3,(H,27,31)(H,28,32). The van der Waals surface area contributed by atoms with Gasteiger partial charge in [0.15, 0.2) is 0 Å². The van der Waals surface area contributed by atoms with E-state index in [0.717, 1.165) is 12.1 Å². The molecular formula is C26H33N3O3. The van der Waals surface area contributed by atoms with Crippen LogP contribution in [0.25, 0.3) is 0 Å². The number of carbonyl (C=O) groups is 3. The van der Waals surface area contributed by atoms with Crippen LogP contribution in [0.5, 0.6) is 0 Å². The van der Waals surface area contributed by atoms with Gasteiger partial charge in [0.2, 0.25) is 11.8 Å². The van der Waals surface area contributed by atoms with Crippen molar-refractivity contribution in [2.45, 2.75) is 53.0 Å². The highest BCUT2D eigenvalue weighted by Crippen LogP contribution is 2.28. The summed E-state index contributed by atoms with van der Waals surface area (Å²) in [5.41, 5.74) is 1.71. The van der Waals surface area contributed by atoms with Crippen molar-refractivity contribution < 1.29 is 14.4 Å². The lowest BCUT2D eigenvalue weighted by Gasteiger charge is -2.33. The lowest BCUT2D eigenvalue weighted by atomic mass is 9.81. The summed E-state index contributed by atoms with van der Waals surface area (Å²) in [6.07, 6.45) is 1.03. The number of para-hydroxylation sites is 1. The summed E-state index contributed by atoms with van der Waals surface area (Å²) in [5.74, 6) is -0.803. The number of nitrogens with zero attached hydrogens (tertiary/aromatic N) is 1. The molecule has 0 aliphatic carbocycles. The number of carbonyl (C=O) groups excluding carboxylic acids is 3. The third-order valence-corrected chi connectivity index (χ3v) is 5.40. The largest absolute Gasteiger partial charge is 0.347 e. The molecule has 0 aromatic heterocycles. The van der Waals surface area contributed by atoms with Crippen LogP contribution in [0.3, 0.4) is 0 Å². The Bertz CT molecular complexity index is 976. The van der Waals surface area contributed by atoms with Gasteiger partial charge in [-0.25, -0.2) is 0 Å². The van der Waals surface area contributed by atoms with Crippen molar-refractivity contribution in [2.24, 2.45) is 11.3 Å². The molecule has 1 aliphatic heterocycles. The molecule has 1 heterocycles. The van der Waals surface area contributed by atoms with E-state index in [1.54, 1.807) is 29.2 Å². The van der Waals surface area contributed by atoms with Gasteiger partial charge in [0, 0.05) is 35.4 Å². The first-order valence-corrected chi connectivity index (χ1v) is 11.0. The van der Waals surface area contributed by atoms with Crippen molar-refractivity contribution in [3.63, 3.8) is 0 Å². The van der Waals surface area contributed by atoms with Gasteiger partial charge in [0.25, 0.3) is 5.91 Å². The van der Waals surface area contributed by atoms with E-state index in [1.807, 2.05) is 44.2 Å². The molecule has 2 aromatic carbocycles. The Morgan fingerprint density at radius 3 is 2.19 bits per heavy atom. The molecule has 1 saturated heterocycles. The molecule has 3 rings (SSSR count). The van der Waals surface area contributed by atoms with Crippen molar-refractivity contribution in [3.05, 3.63) is 60.2 Å². The normalized spacial score (nSPS) is 16.7. The maximum absolute atomic E-state index is 12.7. The van der Waals surface area contributed by atoms with E-state index in [9.17, 15) is 14.4 Å². The van der Waals surface area contributed by atoms with Crippen LogP contribution < -0.4 is 15.5 Å². The van der Waals surface area contributed by atoms with E-state index in [2.05, 4.69) is 31.4 Å². The van der Waals surface area contributed by atoms with E-state index in [-0.39, 0.29) is 35.1 Å². The van der Waals surface area contributed by atoms with Crippen LogP contribution in [-0.4, -0.2) is 29.8 Å². The quantitative estimate of drug-likeness (QED) is 0.695. The summed E-state index contributed by atoms with van der Waals surface area (Å²) in [6.45, 7) is 10.8. The van der Waals surface area contributed by atoms with Crippen molar-refractivity contribution in [1.29, 1.82) is 0 Å². The number of nitrogens with one attached hydrogen (secondary N) is 2. The first-order valence-electron chi connectivity index (χ1n) is 11.0. The van der Waals surface area contributed by atoms with E-state index in [1.165, 1.54) is 0 Å². The van der Waals surface area contributed by atoms with Crippen LogP contribution >= 0.6 is 0 Å². The van der Waals surface area contributed by atoms with E-state index < -0.39 is 5.92 Å². The highest BCUT2D eigenvalue weighted by molar-refractivity contribution is 6.03. The number of hydrogen-bond donors (Lipinski definition) is 2. The zero-order valence-corrected chi connectivity index (χ0v) is 19.6. The molecule has 1 fully saturated rings. The Balaban J connectivity index is 1.58. The number of benzene rings is 2. The molecule has 32 heavy (non-hydrogen) atoms. The minimum atomic E-state index is -0.413. The predicted octanol–water partition coefficient (Wildman–Crippen LogP) is 4.62. The maximum Gasteiger partial charge on any atom is 0.251 e. The third-order valence-electron chi connectivity index (χ3n) is 5.40. The molecule has 0 bridgehead atoms. The second-order valence-corrected chi connectivity index (χ2v) is 10.4. The molecular weight excluding hydrogens is 402 g/mol. The van der Waals surface area contributed by atoms with Crippen molar-refractivity contribution in [1.82, 2.24) is 5.32 Å². The lowest BCUT2D eigenvalue weighted by Crippen LogP contribution is -2.45. The Morgan fingerprint density at radius 1 is 0.969 bits per heavy atom. The molecule has 3 amide bonds. The van der Waals surface area contributed by atoms with Crippen molar-refractivity contribution in [3.8, 4) is 0 Å². The van der Waals surface area contributed by atoms with Gasteiger partial charge in [0.05, 0.1) is 5.92 Å². The molecule has 1 unspecified atom stereocenters. The molecule has 170 valence electrons. The maximum atomic E-state index is 12.7. The van der Waals surface area contributed by atoms with Crippen LogP contribution in [0.1, 0.15) is 57.8 Å². The summed E-state index contributed by atoms with van der Waals surface area (Å²) < 4.78 is 0. The highest BCUT2D eigenvalue weighted by atomic mass is 16.2. The Morgan fingerprint density at radius 2 is 1.59 bits per heavy atom. The summed E-state index contributed by atoms with van der Waals surface area (Å²) in [6, 6.07) is 16.2. The van der Waals surface area contributed by atoms with Crippen LogP contribution in [0.2, 0.25) is 0 Å². The average molecular weight is 436 g/mol. The van der Waals surface area contributed by atoms with Crippen LogP contribution in [-0.2, 0) is 9.59 Å². The van der Waals surface area contributed by atoms with Gasteiger partial charge in [-0.2, -0.15) is 0 Å². The molecule has 0 saturated carbocycles. The fourth-order valence-corrected chi connectivity index (χ4v) is 4.44. The third kappa shape index (κ3) is 6.19. The lowest BCUT2D eigenvalue weighted by molar-refractivity contribution is -0.122. The van der Waals surface area contributed by atoms with Gasteiger partial charge < -0.3 is 15.5 Å². The van der Waals surface area contributed by atoms with Crippen molar-refractivity contribution >= 4 is 29.1 Å². The molecule has 6 nitrogen and oxygen atoms in total. The SMILES string of the molecule is CC(C)(C)CC(C)(C)NC(=O)c1ccc(NC(=O)C2CC(=O)N(c3ccccc3)C2)cc1. The number of amides is 3. The number of rotatable bonds is 6. The number of anilines is 2. The minimum Gasteiger partial charge on any atom is -0.347 e. The zero-order chi connectivity index (χ0) is 23.5. The van der Waals surface area contributed by atoms with Gasteiger partial charge in [-0.3, -0.25) is 14.4 Å². The van der Waals surface area contributed by atoms with Crippen LogP contribution in [0.4, 0.5) is 11.4 Å². The highest BCUT2D eigenvalue weighted by Gasteiger charge is 2.35. The molecule has 6 heteroatoms. The second-order valence-electron chi connectivity index (χ2n) is 10.4. The van der Waals surface area contributed by atoms with Gasteiger partial charge in [-0.1, -0.05) is 39.0 Å². The molecule has 1 atom stereocenters. The Hall–Kier alpha value is -3.15. The summed E-state index contributed by atoms with van der Waals surface area (Å²) >= 11 is 0. The van der Waals surface area contributed by atoms with Gasteiger partial charge in [-0.05, 0) is 62.1 Å². The first-order chi connectivity index (χ1) is 14.9. The van der Waals surface area contributed by atoms with E-state index in [4.69, 9.17) is 0 Å². The monoisotopic (exact) mass is 435 g/mol. The average Bonchev–Trinajstić information content (AvgIpc) is 3.09. The van der Waals surface area contributed by atoms with Crippen molar-refractivity contribution in [2.75, 3.05) is 16.8 Å². The summed E-state index contributed by atoms with van der Waals surface area (Å²) in [7, 11) is 0. The smallest absolute Gasteiger partial charge is 0.251 e. The predicted molar refractivity (Wildman–Crippen MR) is 128 cm³/mol. The molecule has 0 spiro atoms. The molecule has 2 aromatic rings. The van der Waals surface area contributed by atoms with Gasteiger partial charge in [0.1, 0.15) is 0 Å². The molecule has 1 aliphatic rings. The number of hydrogen-bond acceptors (Lipinski definition) is 3. The molecule has 0 radical (unpaired) electrons. The topological polar surface area (TPSA) is 78.5 Å². The fraction of sp³-hybridized carbons (Fsp3) is 0.423. The zero-order valence-electron chi connectivity index (χ0n) is 19.6. The van der Waals surface area contributed by atoms with Crippen LogP contribution in [0, 0.1) is 11.3 Å². The van der Waals surface area contributed by atoms with Crippen LogP contribution in [0.15, 0.2) is 54.6 Å².